The molecule has 2 unspecified atom stereocenters. The normalized spacial score (nSPS) is 13.3. The molecule has 0 amide bonds. The highest BCUT2D eigenvalue weighted by molar-refractivity contribution is 6.00. The predicted molar refractivity (Wildman–Crippen MR) is 149 cm³/mol. The first-order valence-electron chi connectivity index (χ1n) is 13.3. The summed E-state index contributed by atoms with van der Waals surface area (Å²) >= 11 is 0. The van der Waals surface area contributed by atoms with Crippen LogP contribution >= 0.6 is 0 Å². The van der Waals surface area contributed by atoms with E-state index in [0.717, 1.165) is 33.6 Å². The molecule has 39 heavy (non-hydrogen) atoms. The Kier molecular flexibility index (Phi) is 8.36. The van der Waals surface area contributed by atoms with Crippen molar-refractivity contribution >= 4 is 23.0 Å². The van der Waals surface area contributed by atoms with E-state index in [1.54, 1.807) is 24.6 Å². The predicted octanol–water partition coefficient (Wildman–Crippen LogP) is 4.43. The van der Waals surface area contributed by atoms with Crippen molar-refractivity contribution in [2.75, 3.05) is 27.3 Å². The quantitative estimate of drug-likeness (QED) is 0.298. The zero-order valence-corrected chi connectivity index (χ0v) is 24.0. The second-order valence-corrected chi connectivity index (χ2v) is 9.94. The van der Waals surface area contributed by atoms with Gasteiger partial charge in [0.05, 0.1) is 53.0 Å². The number of carbonyl (C=O) groups is 2. The monoisotopic (exact) mass is 534 g/mol. The lowest BCUT2D eigenvalue weighted by molar-refractivity contribution is 0.0518. The highest BCUT2D eigenvalue weighted by atomic mass is 16.5. The number of hydrogen-bond acceptors (Lipinski definition) is 8. The molecule has 0 saturated heterocycles. The lowest BCUT2D eigenvalue weighted by Crippen LogP contribution is -2.21. The van der Waals surface area contributed by atoms with Crippen molar-refractivity contribution in [1.29, 1.82) is 0 Å². The van der Waals surface area contributed by atoms with Gasteiger partial charge in [-0.3, -0.25) is 0 Å². The van der Waals surface area contributed by atoms with Crippen molar-refractivity contribution in [2.45, 2.75) is 60.2 Å². The number of aromatic nitrogens is 4. The molecule has 0 radical (unpaired) electrons. The fourth-order valence-corrected chi connectivity index (χ4v) is 5.18. The third kappa shape index (κ3) is 5.14. The largest absolute Gasteiger partial charge is 0.462 e. The van der Waals surface area contributed by atoms with E-state index in [1.807, 2.05) is 63.8 Å². The number of carbonyl (C=O) groups excluding carboxylic acids is 2. The Hall–Kier alpha value is -3.76. The molecule has 0 fully saturated rings. The van der Waals surface area contributed by atoms with Gasteiger partial charge in [-0.25, -0.2) is 18.6 Å². The maximum absolute atomic E-state index is 13.0. The minimum atomic E-state index is -0.355. The Bertz CT molecular complexity index is 1520. The number of hydrogen-bond donors (Lipinski definition) is 1. The van der Waals surface area contributed by atoms with E-state index in [0.29, 0.717) is 36.4 Å². The molecule has 0 aliphatic carbocycles. The number of fused-ring (bicyclic) bond motifs is 2. The summed E-state index contributed by atoms with van der Waals surface area (Å²) in [6.45, 7) is 12.7. The van der Waals surface area contributed by atoms with Crippen LogP contribution in [0.3, 0.4) is 0 Å². The second kappa shape index (κ2) is 11.5. The van der Waals surface area contributed by atoms with E-state index in [1.165, 1.54) is 0 Å². The van der Waals surface area contributed by atoms with Gasteiger partial charge in [0.15, 0.2) is 0 Å². The molecule has 10 nitrogen and oxygen atoms in total. The molecule has 10 heteroatoms. The van der Waals surface area contributed by atoms with Crippen LogP contribution in [-0.2, 0) is 16.0 Å². The van der Waals surface area contributed by atoms with Crippen molar-refractivity contribution in [3.63, 3.8) is 0 Å². The van der Waals surface area contributed by atoms with Gasteiger partial charge < -0.3 is 19.7 Å². The molecular formula is C29H38N6O4. The fourth-order valence-electron chi connectivity index (χ4n) is 5.18. The van der Waals surface area contributed by atoms with Crippen molar-refractivity contribution in [3.05, 3.63) is 69.8 Å². The van der Waals surface area contributed by atoms with Crippen molar-refractivity contribution in [1.82, 2.24) is 29.4 Å². The van der Waals surface area contributed by atoms with Gasteiger partial charge in [-0.15, -0.1) is 0 Å². The number of nitrogens with one attached hydrogen (secondary N) is 1. The van der Waals surface area contributed by atoms with E-state index in [-0.39, 0.29) is 24.0 Å². The molecule has 0 bridgehead atoms. The molecule has 208 valence electrons. The van der Waals surface area contributed by atoms with Crippen LogP contribution < -0.4 is 5.32 Å². The van der Waals surface area contributed by atoms with Crippen LogP contribution in [-0.4, -0.2) is 63.4 Å². The summed E-state index contributed by atoms with van der Waals surface area (Å²) < 4.78 is 14.4. The Labute approximate surface area is 228 Å². The summed E-state index contributed by atoms with van der Waals surface area (Å²) in [6.07, 6.45) is 3.52. The molecule has 0 aliphatic heterocycles. The maximum Gasteiger partial charge on any atom is 0.340 e. The van der Waals surface area contributed by atoms with E-state index in [9.17, 15) is 9.59 Å². The minimum Gasteiger partial charge on any atom is -0.462 e. The molecular weight excluding hydrogens is 496 g/mol. The average molecular weight is 535 g/mol. The first-order chi connectivity index (χ1) is 18.6. The summed E-state index contributed by atoms with van der Waals surface area (Å²) in [7, 11) is 4.01. The van der Waals surface area contributed by atoms with Gasteiger partial charge >= 0.3 is 11.9 Å². The fraction of sp³-hybridized carbons (Fsp3) is 0.448. The molecule has 0 saturated carbocycles. The van der Waals surface area contributed by atoms with Crippen LogP contribution in [0.15, 0.2) is 30.6 Å². The van der Waals surface area contributed by atoms with E-state index < -0.39 is 0 Å². The molecule has 0 spiro atoms. The van der Waals surface area contributed by atoms with Crippen LogP contribution in [0.2, 0.25) is 0 Å². The van der Waals surface area contributed by atoms with Gasteiger partial charge in [0.2, 0.25) is 0 Å². The van der Waals surface area contributed by atoms with Crippen molar-refractivity contribution in [3.8, 4) is 0 Å². The average Bonchev–Trinajstić information content (AvgIpc) is 3.36. The summed E-state index contributed by atoms with van der Waals surface area (Å²) in [5.74, 6) is -0.704. The van der Waals surface area contributed by atoms with Crippen LogP contribution in [0.5, 0.6) is 0 Å². The Morgan fingerprint density at radius 1 is 0.949 bits per heavy atom. The third-order valence-electron chi connectivity index (χ3n) is 7.28. The summed E-state index contributed by atoms with van der Waals surface area (Å²) in [5, 5.41) is 12.8. The lowest BCUT2D eigenvalue weighted by Gasteiger charge is -2.20. The smallest absolute Gasteiger partial charge is 0.340 e. The zero-order chi connectivity index (χ0) is 28.4. The van der Waals surface area contributed by atoms with E-state index >= 15 is 0 Å². The third-order valence-corrected chi connectivity index (χ3v) is 7.28. The molecule has 4 aromatic rings. The zero-order valence-electron chi connectivity index (χ0n) is 24.0. The first kappa shape index (κ1) is 28.3. The Morgan fingerprint density at radius 3 is 2.15 bits per heavy atom. The SMILES string of the molecule is CCOC(=O)c1c(C)c(C(C)NCc2cnn3c(C(C)N(C)C)c(C)c(C(=O)OCC)c3c2)n2ncccc12. The van der Waals surface area contributed by atoms with Crippen LogP contribution in [0.1, 0.15) is 88.6 Å². The summed E-state index contributed by atoms with van der Waals surface area (Å²) in [5.41, 5.74) is 6.96. The van der Waals surface area contributed by atoms with Crippen LogP contribution in [0.4, 0.5) is 0 Å². The van der Waals surface area contributed by atoms with Crippen molar-refractivity contribution in [2.24, 2.45) is 0 Å². The first-order valence-corrected chi connectivity index (χ1v) is 13.3. The van der Waals surface area contributed by atoms with Gasteiger partial charge in [0, 0.05) is 24.8 Å². The van der Waals surface area contributed by atoms with E-state index in [4.69, 9.17) is 14.6 Å². The molecule has 1 N–H and O–H groups in total. The molecule has 4 aromatic heterocycles. The molecule has 4 heterocycles. The van der Waals surface area contributed by atoms with E-state index in [2.05, 4.69) is 22.2 Å². The number of esters is 2. The highest BCUT2D eigenvalue weighted by Crippen LogP contribution is 2.31. The summed E-state index contributed by atoms with van der Waals surface area (Å²) in [6, 6.07) is 5.58. The van der Waals surface area contributed by atoms with Gasteiger partial charge in [0.25, 0.3) is 0 Å². The molecule has 4 rings (SSSR count). The van der Waals surface area contributed by atoms with Gasteiger partial charge in [-0.05, 0) is 90.5 Å². The topological polar surface area (TPSA) is 102 Å². The number of rotatable bonds is 10. The number of nitrogens with zero attached hydrogens (tertiary/aromatic N) is 5. The van der Waals surface area contributed by atoms with Crippen molar-refractivity contribution < 1.29 is 19.1 Å². The Morgan fingerprint density at radius 2 is 1.54 bits per heavy atom. The standard InChI is InChI=1S/C29H38N6O4/c1-9-38-28(36)24-17(3)26(34-22(24)12-11-13-31-34)19(5)30-15-21-14-23-25(29(37)39-10-2)18(4)27(20(6)33(7)8)35(23)32-16-21/h11-14,16,19-20,30H,9-10,15H2,1-8H3. The lowest BCUT2D eigenvalue weighted by atomic mass is 10.1. The Balaban J connectivity index is 1.69. The molecule has 0 aliphatic rings. The van der Waals surface area contributed by atoms with Crippen LogP contribution in [0.25, 0.3) is 11.0 Å². The molecule has 0 aromatic carbocycles. The van der Waals surface area contributed by atoms with Gasteiger partial charge in [-0.2, -0.15) is 10.2 Å². The van der Waals surface area contributed by atoms with Gasteiger partial charge in [0.1, 0.15) is 0 Å². The second-order valence-electron chi connectivity index (χ2n) is 9.94. The highest BCUT2D eigenvalue weighted by Gasteiger charge is 2.27. The van der Waals surface area contributed by atoms with Crippen LogP contribution in [0, 0.1) is 13.8 Å². The maximum atomic E-state index is 13.0. The van der Waals surface area contributed by atoms with Gasteiger partial charge in [-0.1, -0.05) is 0 Å². The molecule has 2 atom stereocenters. The minimum absolute atomic E-state index is 0.0453. The number of ether oxygens (including phenoxy) is 2. The summed E-state index contributed by atoms with van der Waals surface area (Å²) in [4.78, 5) is 27.8.